The maximum absolute atomic E-state index is 5.36. The first kappa shape index (κ1) is 10.3. The van der Waals surface area contributed by atoms with Crippen LogP contribution >= 0.6 is 0 Å². The highest BCUT2D eigenvalue weighted by Crippen LogP contribution is 2.35. The SMILES string of the molecule is COc1ccc(C2=CCCC2)c2cccnc12. The summed E-state index contributed by atoms with van der Waals surface area (Å²) in [5.74, 6) is 0.850. The zero-order valence-corrected chi connectivity index (χ0v) is 9.94. The van der Waals surface area contributed by atoms with Crippen LogP contribution < -0.4 is 4.74 Å². The summed E-state index contributed by atoms with van der Waals surface area (Å²) in [4.78, 5) is 4.43. The number of aromatic nitrogens is 1. The third-order valence-corrected chi connectivity index (χ3v) is 3.34. The second-order valence-corrected chi connectivity index (χ2v) is 4.34. The largest absolute Gasteiger partial charge is 0.494 e. The minimum absolute atomic E-state index is 0.850. The first-order valence-corrected chi connectivity index (χ1v) is 6.01. The van der Waals surface area contributed by atoms with Gasteiger partial charge in [0.05, 0.1) is 7.11 Å². The Balaban J connectivity index is 2.26. The van der Waals surface area contributed by atoms with Crippen molar-refractivity contribution in [3.8, 4) is 5.75 Å². The number of hydrogen-bond acceptors (Lipinski definition) is 2. The fourth-order valence-corrected chi connectivity index (χ4v) is 2.51. The van der Waals surface area contributed by atoms with Gasteiger partial charge in [0.1, 0.15) is 11.3 Å². The van der Waals surface area contributed by atoms with E-state index in [-0.39, 0.29) is 0 Å². The van der Waals surface area contributed by atoms with Gasteiger partial charge in [-0.05, 0) is 42.5 Å². The van der Waals surface area contributed by atoms with Crippen molar-refractivity contribution in [1.82, 2.24) is 4.98 Å². The third-order valence-electron chi connectivity index (χ3n) is 3.34. The summed E-state index contributed by atoms with van der Waals surface area (Å²) in [6.07, 6.45) is 7.80. The first-order chi connectivity index (χ1) is 8.40. The maximum Gasteiger partial charge on any atom is 0.145 e. The van der Waals surface area contributed by atoms with Crippen molar-refractivity contribution in [2.75, 3.05) is 7.11 Å². The van der Waals surface area contributed by atoms with Gasteiger partial charge in [0, 0.05) is 11.6 Å². The van der Waals surface area contributed by atoms with Gasteiger partial charge in [0.15, 0.2) is 0 Å². The molecule has 0 radical (unpaired) electrons. The highest BCUT2D eigenvalue weighted by Gasteiger charge is 2.12. The second kappa shape index (κ2) is 4.21. The van der Waals surface area contributed by atoms with Gasteiger partial charge < -0.3 is 4.74 Å². The van der Waals surface area contributed by atoms with E-state index >= 15 is 0 Å². The molecular weight excluding hydrogens is 210 g/mol. The van der Waals surface area contributed by atoms with Crippen LogP contribution in [0, 0.1) is 0 Å². The van der Waals surface area contributed by atoms with Gasteiger partial charge in [-0.2, -0.15) is 0 Å². The molecule has 0 bridgehead atoms. The normalized spacial score (nSPS) is 15.0. The molecule has 0 saturated heterocycles. The van der Waals surface area contributed by atoms with E-state index in [1.807, 2.05) is 18.3 Å². The van der Waals surface area contributed by atoms with E-state index in [0.717, 1.165) is 11.3 Å². The predicted octanol–water partition coefficient (Wildman–Crippen LogP) is 3.81. The quantitative estimate of drug-likeness (QED) is 0.775. The average Bonchev–Trinajstić information content (AvgIpc) is 2.91. The summed E-state index contributed by atoms with van der Waals surface area (Å²) >= 11 is 0. The smallest absolute Gasteiger partial charge is 0.145 e. The number of pyridine rings is 1. The molecule has 0 amide bonds. The highest BCUT2D eigenvalue weighted by atomic mass is 16.5. The van der Waals surface area contributed by atoms with E-state index in [1.54, 1.807) is 7.11 Å². The minimum Gasteiger partial charge on any atom is -0.494 e. The zero-order valence-electron chi connectivity index (χ0n) is 9.94. The van der Waals surface area contributed by atoms with Gasteiger partial charge in [-0.15, -0.1) is 0 Å². The van der Waals surface area contributed by atoms with Gasteiger partial charge in [-0.25, -0.2) is 0 Å². The lowest BCUT2D eigenvalue weighted by Crippen LogP contribution is -1.91. The fraction of sp³-hybridized carbons (Fsp3) is 0.267. The van der Waals surface area contributed by atoms with Gasteiger partial charge in [-0.1, -0.05) is 18.2 Å². The molecule has 1 aliphatic carbocycles. The summed E-state index contributed by atoms with van der Waals surface area (Å²) in [7, 11) is 1.69. The number of fused-ring (bicyclic) bond motifs is 1. The van der Waals surface area contributed by atoms with Gasteiger partial charge in [0.2, 0.25) is 0 Å². The summed E-state index contributed by atoms with van der Waals surface area (Å²) in [6, 6.07) is 8.28. The van der Waals surface area contributed by atoms with E-state index < -0.39 is 0 Å². The Hall–Kier alpha value is -1.83. The molecule has 0 unspecified atom stereocenters. The molecule has 17 heavy (non-hydrogen) atoms. The van der Waals surface area contributed by atoms with Crippen molar-refractivity contribution < 1.29 is 4.74 Å². The van der Waals surface area contributed by atoms with Gasteiger partial charge in [-0.3, -0.25) is 4.98 Å². The second-order valence-electron chi connectivity index (χ2n) is 4.34. The number of allylic oxidation sites excluding steroid dienone is 2. The van der Waals surface area contributed by atoms with Crippen molar-refractivity contribution in [3.63, 3.8) is 0 Å². The number of benzene rings is 1. The van der Waals surface area contributed by atoms with Crippen LogP contribution in [0.15, 0.2) is 36.5 Å². The number of ether oxygens (including phenoxy) is 1. The van der Waals surface area contributed by atoms with Gasteiger partial charge in [0.25, 0.3) is 0 Å². The summed E-state index contributed by atoms with van der Waals surface area (Å²) in [5, 5.41) is 1.19. The van der Waals surface area contributed by atoms with E-state index in [9.17, 15) is 0 Å². The van der Waals surface area contributed by atoms with Crippen LogP contribution in [0.2, 0.25) is 0 Å². The molecule has 0 spiro atoms. The maximum atomic E-state index is 5.36. The highest BCUT2D eigenvalue weighted by molar-refractivity contribution is 5.95. The van der Waals surface area contributed by atoms with E-state index in [1.165, 1.54) is 35.8 Å². The minimum atomic E-state index is 0.850. The fourth-order valence-electron chi connectivity index (χ4n) is 2.51. The Morgan fingerprint density at radius 2 is 2.18 bits per heavy atom. The Morgan fingerprint density at radius 1 is 1.24 bits per heavy atom. The van der Waals surface area contributed by atoms with E-state index in [2.05, 4.69) is 23.2 Å². The third kappa shape index (κ3) is 1.70. The molecule has 1 aromatic heterocycles. The van der Waals surface area contributed by atoms with Crippen molar-refractivity contribution in [2.24, 2.45) is 0 Å². The predicted molar refractivity (Wildman–Crippen MR) is 70.1 cm³/mol. The zero-order chi connectivity index (χ0) is 11.7. The molecular formula is C15H15NO. The topological polar surface area (TPSA) is 22.1 Å². The molecule has 0 atom stereocenters. The molecule has 2 aromatic rings. The lowest BCUT2D eigenvalue weighted by Gasteiger charge is -2.10. The summed E-state index contributed by atoms with van der Waals surface area (Å²) < 4.78 is 5.36. The molecule has 1 aliphatic rings. The Bertz CT molecular complexity index is 586. The molecule has 2 nitrogen and oxygen atoms in total. The van der Waals surface area contributed by atoms with Crippen LogP contribution in [-0.4, -0.2) is 12.1 Å². The molecule has 0 N–H and O–H groups in total. The number of methoxy groups -OCH3 is 1. The average molecular weight is 225 g/mol. The monoisotopic (exact) mass is 225 g/mol. The summed E-state index contributed by atoms with van der Waals surface area (Å²) in [5.41, 5.74) is 3.72. The number of rotatable bonds is 2. The lowest BCUT2D eigenvalue weighted by atomic mass is 10.00. The van der Waals surface area contributed by atoms with Gasteiger partial charge >= 0.3 is 0 Å². The molecule has 1 heterocycles. The van der Waals surface area contributed by atoms with Crippen molar-refractivity contribution >= 4 is 16.5 Å². The lowest BCUT2D eigenvalue weighted by molar-refractivity contribution is 0.419. The Kier molecular flexibility index (Phi) is 2.56. The molecule has 2 heteroatoms. The number of nitrogens with zero attached hydrogens (tertiary/aromatic N) is 1. The molecule has 1 aromatic carbocycles. The molecule has 3 rings (SSSR count). The van der Waals surface area contributed by atoms with Crippen molar-refractivity contribution in [1.29, 1.82) is 0 Å². The van der Waals surface area contributed by atoms with Crippen molar-refractivity contribution in [3.05, 3.63) is 42.1 Å². The summed E-state index contributed by atoms with van der Waals surface area (Å²) in [6.45, 7) is 0. The van der Waals surface area contributed by atoms with Crippen LogP contribution in [0.1, 0.15) is 24.8 Å². The van der Waals surface area contributed by atoms with Crippen LogP contribution in [0.5, 0.6) is 5.75 Å². The van der Waals surface area contributed by atoms with Crippen LogP contribution in [0.4, 0.5) is 0 Å². The molecule has 0 saturated carbocycles. The number of hydrogen-bond donors (Lipinski definition) is 0. The van der Waals surface area contributed by atoms with Crippen molar-refractivity contribution in [2.45, 2.75) is 19.3 Å². The van der Waals surface area contributed by atoms with Crippen LogP contribution in [0.25, 0.3) is 16.5 Å². The van der Waals surface area contributed by atoms with Crippen LogP contribution in [0.3, 0.4) is 0 Å². The Morgan fingerprint density at radius 3 is 2.94 bits per heavy atom. The van der Waals surface area contributed by atoms with E-state index in [4.69, 9.17) is 4.74 Å². The first-order valence-electron chi connectivity index (χ1n) is 6.01. The Labute approximate surface area is 101 Å². The molecule has 0 fully saturated rings. The van der Waals surface area contributed by atoms with Crippen LogP contribution in [-0.2, 0) is 0 Å². The molecule has 0 aliphatic heterocycles. The molecule has 86 valence electrons. The standard InChI is InChI=1S/C15H15NO/c1-17-14-9-8-12(11-5-2-3-6-11)13-7-4-10-16-15(13)14/h4-5,7-10H,2-3,6H2,1H3. The van der Waals surface area contributed by atoms with E-state index in [0.29, 0.717) is 0 Å².